The minimum Gasteiger partial charge on any atom is -0.368 e. The van der Waals surface area contributed by atoms with Crippen LogP contribution in [0.5, 0.6) is 0 Å². The first-order chi connectivity index (χ1) is 9.87. The molecule has 3 amide bonds. The summed E-state index contributed by atoms with van der Waals surface area (Å²) in [5.74, 6) is 0.0854. The Bertz CT molecular complexity index is 378. The van der Waals surface area contributed by atoms with Crippen LogP contribution in [-0.4, -0.2) is 67.2 Å². The molecule has 2 heterocycles. The number of urea groups is 1. The fourth-order valence-corrected chi connectivity index (χ4v) is 2.56. The fraction of sp³-hybridized carbons (Fsp3) is 0.867. The lowest BCUT2D eigenvalue weighted by atomic mass is 9.97. The average Bonchev–Trinajstić information content (AvgIpc) is 2.97. The molecule has 2 rings (SSSR count). The van der Waals surface area contributed by atoms with Crippen molar-refractivity contribution in [3.05, 3.63) is 0 Å². The van der Waals surface area contributed by atoms with Crippen LogP contribution in [0.1, 0.15) is 33.6 Å². The SMILES string of the molecule is CC(C)(C)CNC(=O)N1CCN(C(=O)C2CCCO2)CC1. The van der Waals surface area contributed by atoms with Gasteiger partial charge in [0.1, 0.15) is 6.10 Å². The van der Waals surface area contributed by atoms with Crippen molar-refractivity contribution < 1.29 is 14.3 Å². The van der Waals surface area contributed by atoms with E-state index in [1.807, 2.05) is 4.90 Å². The van der Waals surface area contributed by atoms with Crippen molar-refractivity contribution in [1.29, 1.82) is 0 Å². The third-order valence-corrected chi connectivity index (χ3v) is 3.85. The van der Waals surface area contributed by atoms with Crippen LogP contribution in [0.4, 0.5) is 4.79 Å². The third-order valence-electron chi connectivity index (χ3n) is 3.85. The molecular weight excluding hydrogens is 270 g/mol. The first-order valence-corrected chi connectivity index (χ1v) is 7.80. The molecule has 2 fully saturated rings. The lowest BCUT2D eigenvalue weighted by Gasteiger charge is -2.36. The largest absolute Gasteiger partial charge is 0.368 e. The fourth-order valence-electron chi connectivity index (χ4n) is 2.56. The summed E-state index contributed by atoms with van der Waals surface area (Å²) in [6.07, 6.45) is 1.53. The van der Waals surface area contributed by atoms with E-state index < -0.39 is 0 Å². The minimum absolute atomic E-state index is 0.0332. The lowest BCUT2D eigenvalue weighted by molar-refractivity contribution is -0.142. The zero-order chi connectivity index (χ0) is 15.5. The number of piperazine rings is 1. The highest BCUT2D eigenvalue weighted by molar-refractivity contribution is 5.81. The van der Waals surface area contributed by atoms with Crippen LogP contribution in [0.15, 0.2) is 0 Å². The zero-order valence-corrected chi connectivity index (χ0v) is 13.4. The summed E-state index contributed by atoms with van der Waals surface area (Å²) >= 11 is 0. The van der Waals surface area contributed by atoms with E-state index in [9.17, 15) is 9.59 Å². The van der Waals surface area contributed by atoms with Crippen LogP contribution in [0, 0.1) is 5.41 Å². The van der Waals surface area contributed by atoms with Crippen molar-refractivity contribution in [2.45, 2.75) is 39.7 Å². The summed E-state index contributed by atoms with van der Waals surface area (Å²) in [6, 6.07) is -0.0332. The summed E-state index contributed by atoms with van der Waals surface area (Å²) in [5.41, 5.74) is 0.0766. The van der Waals surface area contributed by atoms with Crippen LogP contribution >= 0.6 is 0 Å². The van der Waals surface area contributed by atoms with E-state index in [0.717, 1.165) is 12.8 Å². The van der Waals surface area contributed by atoms with Gasteiger partial charge in [-0.25, -0.2) is 4.79 Å². The topological polar surface area (TPSA) is 61.9 Å². The molecular formula is C15H27N3O3. The van der Waals surface area contributed by atoms with Crippen LogP contribution in [0.2, 0.25) is 0 Å². The van der Waals surface area contributed by atoms with Gasteiger partial charge in [-0.15, -0.1) is 0 Å². The highest BCUT2D eigenvalue weighted by Gasteiger charge is 2.31. The van der Waals surface area contributed by atoms with Gasteiger partial charge in [-0.05, 0) is 18.3 Å². The normalized spacial score (nSPS) is 23.3. The van der Waals surface area contributed by atoms with Crippen molar-refractivity contribution in [3.63, 3.8) is 0 Å². The van der Waals surface area contributed by atoms with Gasteiger partial charge in [0, 0.05) is 39.3 Å². The van der Waals surface area contributed by atoms with Gasteiger partial charge < -0.3 is 19.9 Å². The average molecular weight is 297 g/mol. The van der Waals surface area contributed by atoms with Gasteiger partial charge in [-0.2, -0.15) is 0 Å². The molecule has 1 unspecified atom stereocenters. The molecule has 1 atom stereocenters. The van der Waals surface area contributed by atoms with Gasteiger partial charge in [0.05, 0.1) is 0 Å². The number of carbonyl (C=O) groups is 2. The molecule has 6 heteroatoms. The smallest absolute Gasteiger partial charge is 0.317 e. The molecule has 0 aliphatic carbocycles. The summed E-state index contributed by atoms with van der Waals surface area (Å²) in [6.45, 7) is 9.99. The maximum atomic E-state index is 12.2. The lowest BCUT2D eigenvalue weighted by Crippen LogP contribution is -2.55. The number of ether oxygens (including phenoxy) is 1. The summed E-state index contributed by atoms with van der Waals surface area (Å²) in [7, 11) is 0. The van der Waals surface area contributed by atoms with E-state index in [-0.39, 0.29) is 23.5 Å². The monoisotopic (exact) mass is 297 g/mol. The number of nitrogens with one attached hydrogen (secondary N) is 1. The molecule has 2 saturated heterocycles. The predicted molar refractivity (Wildman–Crippen MR) is 80.0 cm³/mol. The molecule has 0 bridgehead atoms. The molecule has 0 spiro atoms. The summed E-state index contributed by atoms with van der Waals surface area (Å²) in [5, 5.41) is 2.95. The Hall–Kier alpha value is -1.30. The Labute approximate surface area is 126 Å². The van der Waals surface area contributed by atoms with E-state index in [1.54, 1.807) is 4.90 Å². The van der Waals surface area contributed by atoms with Crippen LogP contribution in [0.25, 0.3) is 0 Å². The van der Waals surface area contributed by atoms with Crippen LogP contribution in [-0.2, 0) is 9.53 Å². The Kier molecular flexibility index (Phi) is 5.08. The summed E-state index contributed by atoms with van der Waals surface area (Å²) in [4.78, 5) is 27.9. The van der Waals surface area contributed by atoms with Crippen LogP contribution in [0.3, 0.4) is 0 Å². The van der Waals surface area contributed by atoms with Gasteiger partial charge in [0.15, 0.2) is 0 Å². The second kappa shape index (κ2) is 6.64. The number of hydrogen-bond acceptors (Lipinski definition) is 3. The second-order valence-corrected chi connectivity index (χ2v) is 7.03. The molecule has 0 aromatic rings. The highest BCUT2D eigenvalue weighted by Crippen LogP contribution is 2.16. The molecule has 21 heavy (non-hydrogen) atoms. The third kappa shape index (κ3) is 4.59. The number of rotatable bonds is 2. The van der Waals surface area contributed by atoms with E-state index in [1.165, 1.54) is 0 Å². The van der Waals surface area contributed by atoms with Crippen molar-refractivity contribution in [2.75, 3.05) is 39.3 Å². The quantitative estimate of drug-likeness (QED) is 0.829. The van der Waals surface area contributed by atoms with Gasteiger partial charge in [-0.1, -0.05) is 20.8 Å². The first kappa shape index (κ1) is 16.1. The Morgan fingerprint density at radius 2 is 1.76 bits per heavy atom. The van der Waals surface area contributed by atoms with Crippen molar-refractivity contribution in [1.82, 2.24) is 15.1 Å². The molecule has 6 nitrogen and oxygen atoms in total. The molecule has 0 radical (unpaired) electrons. The maximum Gasteiger partial charge on any atom is 0.317 e. The number of nitrogens with zero attached hydrogens (tertiary/aromatic N) is 2. The maximum absolute atomic E-state index is 12.2. The van der Waals surface area contributed by atoms with E-state index in [4.69, 9.17) is 4.74 Å². The van der Waals surface area contributed by atoms with Gasteiger partial charge in [0.2, 0.25) is 0 Å². The van der Waals surface area contributed by atoms with Crippen molar-refractivity contribution in [3.8, 4) is 0 Å². The molecule has 2 aliphatic heterocycles. The molecule has 120 valence electrons. The van der Waals surface area contributed by atoms with E-state index in [2.05, 4.69) is 26.1 Å². The number of carbonyl (C=O) groups excluding carboxylic acids is 2. The Morgan fingerprint density at radius 1 is 1.14 bits per heavy atom. The molecule has 1 N–H and O–H groups in total. The Morgan fingerprint density at radius 3 is 2.29 bits per heavy atom. The minimum atomic E-state index is -0.258. The summed E-state index contributed by atoms with van der Waals surface area (Å²) < 4.78 is 5.43. The van der Waals surface area contributed by atoms with Gasteiger partial charge in [-0.3, -0.25) is 4.79 Å². The number of hydrogen-bond donors (Lipinski definition) is 1. The molecule has 0 aromatic heterocycles. The van der Waals surface area contributed by atoms with E-state index >= 15 is 0 Å². The predicted octanol–water partition coefficient (Wildman–Crippen LogP) is 1.07. The first-order valence-electron chi connectivity index (χ1n) is 7.80. The van der Waals surface area contributed by atoms with E-state index in [0.29, 0.717) is 39.3 Å². The zero-order valence-electron chi connectivity index (χ0n) is 13.4. The van der Waals surface area contributed by atoms with Crippen LogP contribution < -0.4 is 5.32 Å². The van der Waals surface area contributed by atoms with Crippen molar-refractivity contribution in [2.24, 2.45) is 5.41 Å². The molecule has 0 saturated carbocycles. The Balaban J connectivity index is 1.74. The highest BCUT2D eigenvalue weighted by atomic mass is 16.5. The van der Waals surface area contributed by atoms with Gasteiger partial charge in [0.25, 0.3) is 5.91 Å². The second-order valence-electron chi connectivity index (χ2n) is 7.03. The molecule has 2 aliphatic rings. The van der Waals surface area contributed by atoms with Crippen molar-refractivity contribution >= 4 is 11.9 Å². The van der Waals surface area contributed by atoms with Gasteiger partial charge >= 0.3 is 6.03 Å². The molecule has 0 aromatic carbocycles. The number of amides is 3. The standard InChI is InChI=1S/C15H27N3O3/c1-15(2,3)11-16-14(20)18-8-6-17(7-9-18)13(19)12-5-4-10-21-12/h12H,4-11H2,1-3H3,(H,16,20).